The van der Waals surface area contributed by atoms with E-state index >= 15 is 0 Å². The molecule has 143 heavy (non-hydrogen) atoms. The molecule has 7 aromatic carbocycles. The molecule has 0 aliphatic heterocycles. The minimum atomic E-state index is -3.22. The van der Waals surface area contributed by atoms with Crippen LogP contribution in [0.2, 0.25) is 0 Å². The molecule has 0 saturated heterocycles. The lowest BCUT2D eigenvalue weighted by molar-refractivity contribution is -0.113. The van der Waals surface area contributed by atoms with Crippen molar-refractivity contribution in [3.05, 3.63) is 293 Å². The molecule has 0 saturated carbocycles. The fraction of sp³-hybridized carbons (Fsp3) is 0.154. The van der Waals surface area contributed by atoms with Gasteiger partial charge in [0.2, 0.25) is 5.91 Å². The molecule has 0 aliphatic rings. The Labute approximate surface area is 874 Å². The standard InChI is InChI=1S/C26H21FN8OS.C25H19FN8O2S.C14H14ClN3O2S.C14H12ClN3OS.C12H10FN5O.BBr3.Cl3OP/c1-13-8-16(10-17(27)9-13)22-21-23(28)29-12-30-24(21)34(32-22)11-19-31-25-20(15(3)33-37-25)26(36)35(19)18-7-5-4-6-14(18)2;1-12-5-3-4-6-17(12)34-18(30-24-19(25(34)36)13(2)32-37-24)10-33-23-20(22(27)28-11-29-23)21(31-33)14-7-15(26)9-16(35)8-14;1-8-5-3-4-6-10(8)16-13(20)12-9(2)18-21-14(12)17-11(19)7-15;1-8-5-3-4-6-10(8)18-11(7-15)16-13-12(14(18)19)9(2)17-20-13;1-19-8-3-6(2-7(13)4-8)10-9-11(14)15-5-16-12(9)18-17-10;2-1(3)4;1-5(2,3)4/h4-10,12H,11H2,1-3H3,(H2,28,29,30);3-9,11,35H,10H2,1-2H3,(H2,27,28,29);3-6H,7H2,1-2H3,(H,16,20)(H,17,19);3-6H,7H2,1-2H3;2-5H,1H3,(H3,14,15,16,17,18);;. The largest absolute Gasteiger partial charge is 0.508 e. The van der Waals surface area contributed by atoms with Gasteiger partial charge in [-0.15, -0.1) is 70.5 Å². The number of carbonyl (C=O) groups excluding carboxylic acids is 2. The average Bonchev–Trinajstić information content (AvgIpc) is 1.60. The van der Waals surface area contributed by atoms with Crippen LogP contribution in [0.1, 0.15) is 78.4 Å². The van der Waals surface area contributed by atoms with E-state index < -0.39 is 16.8 Å². The molecule has 0 aliphatic carbocycles. The maximum Gasteiger partial charge on any atom is 0.369 e. The number of carbonyl (C=O) groups is 2. The number of aromatic amines is 1. The van der Waals surface area contributed by atoms with Crippen LogP contribution >= 0.6 is 156 Å². The van der Waals surface area contributed by atoms with Crippen LogP contribution in [0.15, 0.2) is 185 Å². The van der Waals surface area contributed by atoms with E-state index in [2.05, 4.69) is 159 Å². The van der Waals surface area contributed by atoms with Gasteiger partial charge >= 0.3 is 8.38 Å². The number of alkyl halides is 2. The van der Waals surface area contributed by atoms with Crippen molar-refractivity contribution >= 4 is 262 Å². The van der Waals surface area contributed by atoms with Crippen LogP contribution in [0.4, 0.5) is 41.3 Å². The molecule has 0 radical (unpaired) electrons. The maximum atomic E-state index is 14.3. The lowest BCUT2D eigenvalue weighted by atomic mass is 10.1. The van der Waals surface area contributed by atoms with Gasteiger partial charge in [-0.25, -0.2) is 67.4 Å². The number of aromatic hydroxyl groups is 1. The third-order valence-electron chi connectivity index (χ3n) is 21.2. The number of nitrogen functional groups attached to an aromatic ring is 3. The highest BCUT2D eigenvalue weighted by atomic mass is 79.9. The van der Waals surface area contributed by atoms with Gasteiger partial charge in [0.15, 0.2) is 31.4 Å². The summed E-state index contributed by atoms with van der Waals surface area (Å²) in [7, 11) is 1.47. The molecule has 0 spiro atoms. The summed E-state index contributed by atoms with van der Waals surface area (Å²) in [6, 6.07) is 42.9. The molecule has 20 aromatic rings. The predicted octanol–water partition coefficient (Wildman–Crippen LogP) is 21.2. The highest BCUT2D eigenvalue weighted by molar-refractivity contribution is 9.69. The highest BCUT2D eigenvalue weighted by Gasteiger charge is 2.29. The number of phenols is 1. The van der Waals surface area contributed by atoms with Crippen molar-refractivity contribution in [2.45, 2.75) is 81.3 Å². The summed E-state index contributed by atoms with van der Waals surface area (Å²) in [6.45, 7) is 16.8. The van der Waals surface area contributed by atoms with E-state index in [-0.39, 0.29) is 85.5 Å². The molecule has 0 atom stereocenters. The number of nitrogens with two attached hydrogens (primary N) is 3. The van der Waals surface area contributed by atoms with Crippen molar-refractivity contribution in [2.75, 3.05) is 40.8 Å². The van der Waals surface area contributed by atoms with Gasteiger partial charge in [-0.05, 0) is 237 Å². The van der Waals surface area contributed by atoms with Gasteiger partial charge in [0.05, 0.1) is 80.2 Å². The summed E-state index contributed by atoms with van der Waals surface area (Å²) < 4.78 is 81.7. The molecule has 13 heterocycles. The van der Waals surface area contributed by atoms with Crippen molar-refractivity contribution in [2.24, 2.45) is 0 Å². The second-order valence-corrected chi connectivity index (χ2v) is 47.6. The molecule has 20 rings (SSSR count). The number of hydrogen-bond donors (Lipinski definition) is 7. The number of phenolic OH excluding ortho intramolecular Hbond substituents is 1. The minimum absolute atomic E-state index is 0.0463. The number of nitrogens with zero attached hydrogens (tertiary/aromatic N) is 21. The quantitative estimate of drug-likeness (QED) is 0.0268. The monoisotopic (exact) mass is 2310 g/mol. The number of benzene rings is 7. The first-order chi connectivity index (χ1) is 68.2. The third kappa shape index (κ3) is 24.4. The summed E-state index contributed by atoms with van der Waals surface area (Å²) >= 11 is 39.2. The first-order valence-corrected chi connectivity index (χ1v) is 53.2. The summed E-state index contributed by atoms with van der Waals surface area (Å²) in [5.74, 6) is 0.137. The zero-order valence-corrected chi connectivity index (χ0v) is 88.9. The average molecular weight is 2320 g/mol. The molecule has 0 bridgehead atoms. The molecule has 35 nitrogen and oxygen atoms in total. The zero-order valence-electron chi connectivity index (χ0n) is 76.2. The Balaban J connectivity index is 0.000000143. The van der Waals surface area contributed by atoms with Crippen LogP contribution < -0.4 is 49.2 Å². The van der Waals surface area contributed by atoms with Crippen LogP contribution in [-0.4, -0.2) is 139 Å². The van der Waals surface area contributed by atoms with Crippen LogP contribution in [0, 0.1) is 79.8 Å². The molecule has 0 unspecified atom stereocenters. The third-order valence-corrected chi connectivity index (χ3v) is 25.1. The van der Waals surface area contributed by atoms with E-state index in [0.717, 1.165) is 68.3 Å². The summed E-state index contributed by atoms with van der Waals surface area (Å²) in [5, 5.41) is 31.8. The van der Waals surface area contributed by atoms with Gasteiger partial charge in [-0.3, -0.25) is 47.3 Å². The Morgan fingerprint density at radius 2 is 0.909 bits per heavy atom. The number of amides is 2. The molecular weight excluding hydrogens is 2240 g/mol. The van der Waals surface area contributed by atoms with E-state index in [1.165, 1.54) is 85.6 Å². The number of aromatic nitrogens is 22. The Morgan fingerprint density at radius 3 is 1.35 bits per heavy atom. The predicted molar refractivity (Wildman–Crippen MR) is 573 cm³/mol. The Kier molecular flexibility index (Phi) is 34.2. The number of rotatable bonds is 16. The van der Waals surface area contributed by atoms with Crippen molar-refractivity contribution in [3.63, 3.8) is 0 Å². The Bertz CT molecular complexity index is 8200. The van der Waals surface area contributed by atoms with Gasteiger partial charge < -0.3 is 37.7 Å². The number of halogens is 11. The lowest BCUT2D eigenvalue weighted by Crippen LogP contribution is -2.26. The smallest absolute Gasteiger partial charge is 0.369 e. The fourth-order valence-corrected chi connectivity index (χ4v) is 18.4. The second-order valence-electron chi connectivity index (χ2n) is 31.0. The normalized spacial score (nSPS) is 11.1. The number of para-hydroxylation sites is 4. The van der Waals surface area contributed by atoms with Gasteiger partial charge in [-0.1, -0.05) is 72.8 Å². The number of ether oxygens (including phenoxy) is 1. The van der Waals surface area contributed by atoms with Gasteiger partial charge in [-0.2, -0.15) is 32.8 Å². The molecule has 13 aromatic heterocycles. The summed E-state index contributed by atoms with van der Waals surface area (Å²) in [6.07, 6.45) is 3.99. The number of anilines is 5. The van der Waals surface area contributed by atoms with Gasteiger partial charge in [0, 0.05) is 34.5 Å². The van der Waals surface area contributed by atoms with Crippen molar-refractivity contribution in [1.29, 1.82) is 0 Å². The number of fused-ring (bicyclic) bond motifs is 6. The second kappa shape index (κ2) is 46.2. The van der Waals surface area contributed by atoms with Crippen molar-refractivity contribution < 1.29 is 37.2 Å². The van der Waals surface area contributed by atoms with E-state index in [0.29, 0.717) is 165 Å². The topological polar surface area (TPSA) is 481 Å². The van der Waals surface area contributed by atoms with Crippen molar-refractivity contribution in [1.82, 2.24) is 106 Å². The SMILES string of the molecule is BrB(Br)Br.COc1cc(F)cc(-c2[nH]nc3ncnc(N)c23)c1.Cc1cc(F)cc(-c2nn(Cc3nc4snc(C)c4c(=O)n3-c3ccccc3C)c3ncnc(N)c23)c1.Cc1ccccc1-n1c(CCl)nc2snc(C)c2c1=O.Cc1ccccc1-n1c(Cn2nc(-c3cc(O)cc(F)c3)c3c(N)ncnc32)nc2snc(C)c2c1=O.Cc1ccccc1NC(=O)c1c(C)nsc1NC(=O)CCl.O=P(Cl)(Cl)Cl. The number of nitrogens with one attached hydrogen (secondary N) is 3. The van der Waals surface area contributed by atoms with Crippen LogP contribution in [-0.2, 0) is 28.3 Å². The number of hydrogen-bond acceptors (Lipinski definition) is 31. The van der Waals surface area contributed by atoms with Gasteiger partial charge in [0.25, 0.3) is 22.6 Å². The molecular formula is C91H76BBr3Cl5F3N27O8PS4. The van der Waals surface area contributed by atoms with E-state index in [1.54, 1.807) is 49.9 Å². The van der Waals surface area contributed by atoms with E-state index in [1.807, 2.05) is 145 Å². The van der Waals surface area contributed by atoms with E-state index in [4.69, 9.17) is 60.2 Å². The van der Waals surface area contributed by atoms with Crippen molar-refractivity contribution in [3.8, 4) is 62.3 Å². The van der Waals surface area contributed by atoms with Crippen LogP contribution in [0.5, 0.6) is 11.5 Å². The van der Waals surface area contributed by atoms with E-state index in [9.17, 15) is 46.8 Å². The number of methoxy groups -OCH3 is 1. The molecule has 10 N–H and O–H groups in total. The van der Waals surface area contributed by atoms with Crippen LogP contribution in [0.25, 0.3) is 115 Å². The van der Waals surface area contributed by atoms with Crippen LogP contribution in [0.3, 0.4) is 0 Å². The first-order valence-electron chi connectivity index (χ1n) is 41.9. The molecule has 52 heteroatoms. The Morgan fingerprint density at radius 1 is 0.503 bits per heavy atom. The fourth-order valence-electron chi connectivity index (χ4n) is 14.9. The maximum absolute atomic E-state index is 14.3. The molecule has 732 valence electrons. The minimum Gasteiger partial charge on any atom is -0.508 e. The summed E-state index contributed by atoms with van der Waals surface area (Å²) in [4.78, 5) is 105. The molecule has 0 fully saturated rings. The lowest BCUT2D eigenvalue weighted by Gasteiger charge is -2.15. The highest BCUT2D eigenvalue weighted by Crippen LogP contribution is 2.61. The van der Waals surface area contributed by atoms with Gasteiger partial charge in [0.1, 0.15) is 134 Å². The first kappa shape index (κ1) is 106. The number of aryl methyl sites for hydroxylation is 9. The molecule has 2 amide bonds. The zero-order chi connectivity index (χ0) is 103. The Hall–Kier alpha value is -13.0. The summed E-state index contributed by atoms with van der Waals surface area (Å²) in [5.41, 5.74) is 32.0. The number of H-pyrrole nitrogens is 1.